The lowest BCUT2D eigenvalue weighted by atomic mass is 9.78. The average molecular weight is 351 g/mol. The van der Waals surface area contributed by atoms with Gasteiger partial charge in [0.2, 0.25) is 11.8 Å². The molecular formula is C21H25N3O2. The largest absolute Gasteiger partial charge is 0.369 e. The Hall–Kier alpha value is -2.69. The van der Waals surface area contributed by atoms with E-state index in [1.807, 2.05) is 43.3 Å². The molecule has 136 valence electrons. The van der Waals surface area contributed by atoms with Gasteiger partial charge in [-0.05, 0) is 48.1 Å². The van der Waals surface area contributed by atoms with Crippen molar-refractivity contribution in [3.8, 4) is 11.1 Å². The van der Waals surface area contributed by atoms with E-state index in [1.165, 1.54) is 0 Å². The number of aromatic nitrogens is 1. The minimum Gasteiger partial charge on any atom is -0.369 e. The number of benzene rings is 1. The quantitative estimate of drug-likeness (QED) is 0.869. The Morgan fingerprint density at radius 3 is 2.62 bits per heavy atom. The maximum atomic E-state index is 12.4. The third kappa shape index (κ3) is 3.62. The summed E-state index contributed by atoms with van der Waals surface area (Å²) in [4.78, 5) is 30.5. The summed E-state index contributed by atoms with van der Waals surface area (Å²) in [7, 11) is 0. The molecule has 0 radical (unpaired) electrons. The Balaban J connectivity index is 1.89. The lowest BCUT2D eigenvalue weighted by molar-refractivity contribution is -0.132. The van der Waals surface area contributed by atoms with E-state index in [0.29, 0.717) is 32.4 Å². The first kappa shape index (κ1) is 18.1. The van der Waals surface area contributed by atoms with Crippen LogP contribution in [0.1, 0.15) is 31.7 Å². The lowest BCUT2D eigenvalue weighted by Crippen LogP contribution is -2.42. The van der Waals surface area contributed by atoms with Crippen molar-refractivity contribution in [2.24, 2.45) is 11.1 Å². The molecule has 0 unspecified atom stereocenters. The molecule has 1 aromatic heterocycles. The van der Waals surface area contributed by atoms with E-state index in [1.54, 1.807) is 17.3 Å². The molecule has 1 saturated heterocycles. The second-order valence-corrected chi connectivity index (χ2v) is 7.03. The summed E-state index contributed by atoms with van der Waals surface area (Å²) in [5.41, 5.74) is 8.33. The zero-order valence-corrected chi connectivity index (χ0v) is 15.1. The van der Waals surface area contributed by atoms with Gasteiger partial charge in [-0.15, -0.1) is 0 Å². The van der Waals surface area contributed by atoms with Crippen molar-refractivity contribution in [3.05, 3.63) is 54.4 Å². The highest BCUT2D eigenvalue weighted by molar-refractivity contribution is 5.85. The van der Waals surface area contributed by atoms with Crippen molar-refractivity contribution in [2.75, 3.05) is 13.1 Å². The van der Waals surface area contributed by atoms with E-state index in [4.69, 9.17) is 5.73 Å². The molecule has 2 heterocycles. The topological polar surface area (TPSA) is 76.3 Å². The molecule has 0 saturated carbocycles. The zero-order chi connectivity index (χ0) is 18.6. The molecule has 1 aliphatic heterocycles. The molecule has 2 aromatic rings. The third-order valence-corrected chi connectivity index (χ3v) is 5.23. The van der Waals surface area contributed by atoms with Gasteiger partial charge in [0.05, 0.1) is 5.41 Å². The Kier molecular flexibility index (Phi) is 5.35. The zero-order valence-electron chi connectivity index (χ0n) is 15.1. The molecule has 0 aliphatic carbocycles. The fourth-order valence-electron chi connectivity index (χ4n) is 3.74. The standard InChI is InChI=1S/C21H25N3O2/c1-2-5-19(25)24-13-10-21(15-24,20(22)26)14-17-6-3-4-7-18(17)16-8-11-23-12-9-16/h3-4,6-9,11-12H,2,5,10,13-15H2,1H3,(H2,22,26)/t21-/m0/s1. The molecule has 5 nitrogen and oxygen atoms in total. The number of nitrogens with two attached hydrogens (primary N) is 1. The van der Waals surface area contributed by atoms with Crippen molar-refractivity contribution < 1.29 is 9.59 Å². The van der Waals surface area contributed by atoms with Crippen molar-refractivity contribution in [2.45, 2.75) is 32.6 Å². The maximum absolute atomic E-state index is 12.4. The van der Waals surface area contributed by atoms with Gasteiger partial charge in [0.1, 0.15) is 0 Å². The van der Waals surface area contributed by atoms with Crippen molar-refractivity contribution in [1.82, 2.24) is 9.88 Å². The number of likely N-dealkylation sites (tertiary alicyclic amines) is 1. The van der Waals surface area contributed by atoms with Gasteiger partial charge in [-0.3, -0.25) is 14.6 Å². The Morgan fingerprint density at radius 1 is 1.19 bits per heavy atom. The van der Waals surface area contributed by atoms with E-state index >= 15 is 0 Å². The van der Waals surface area contributed by atoms with Crippen LogP contribution in [0.3, 0.4) is 0 Å². The number of amides is 2. The van der Waals surface area contributed by atoms with E-state index in [-0.39, 0.29) is 11.8 Å². The number of carbonyl (C=O) groups excluding carboxylic acids is 2. The van der Waals surface area contributed by atoms with Crippen molar-refractivity contribution in [3.63, 3.8) is 0 Å². The van der Waals surface area contributed by atoms with Crippen LogP contribution in [0, 0.1) is 5.41 Å². The number of carbonyl (C=O) groups is 2. The molecule has 5 heteroatoms. The number of primary amides is 1. The molecule has 0 spiro atoms. The second kappa shape index (κ2) is 7.68. The summed E-state index contributed by atoms with van der Waals surface area (Å²) in [6, 6.07) is 12.0. The van der Waals surface area contributed by atoms with Crippen LogP contribution in [-0.4, -0.2) is 34.8 Å². The average Bonchev–Trinajstić information content (AvgIpc) is 3.09. The molecule has 1 fully saturated rings. The molecule has 3 rings (SSSR count). The van der Waals surface area contributed by atoms with E-state index in [9.17, 15) is 9.59 Å². The van der Waals surface area contributed by atoms with Crippen LogP contribution < -0.4 is 5.73 Å². The van der Waals surface area contributed by atoms with Crippen LogP contribution in [0.25, 0.3) is 11.1 Å². The summed E-state index contributed by atoms with van der Waals surface area (Å²) in [6.07, 6.45) is 6.00. The molecule has 1 aromatic carbocycles. The summed E-state index contributed by atoms with van der Waals surface area (Å²) in [5, 5.41) is 0. The van der Waals surface area contributed by atoms with Gasteiger partial charge < -0.3 is 10.6 Å². The number of nitrogens with zero attached hydrogens (tertiary/aromatic N) is 2. The highest BCUT2D eigenvalue weighted by Crippen LogP contribution is 2.37. The second-order valence-electron chi connectivity index (χ2n) is 7.03. The molecule has 1 aliphatic rings. The predicted molar refractivity (Wildman–Crippen MR) is 101 cm³/mol. The number of hydrogen-bond acceptors (Lipinski definition) is 3. The fourth-order valence-corrected chi connectivity index (χ4v) is 3.74. The van der Waals surface area contributed by atoms with Gasteiger partial charge in [0.15, 0.2) is 0 Å². The van der Waals surface area contributed by atoms with Crippen LogP contribution in [0.2, 0.25) is 0 Å². The molecule has 1 atom stereocenters. The molecule has 0 bridgehead atoms. The van der Waals surface area contributed by atoms with Gasteiger partial charge in [-0.2, -0.15) is 0 Å². The summed E-state index contributed by atoms with van der Waals surface area (Å²) >= 11 is 0. The first-order valence-electron chi connectivity index (χ1n) is 9.12. The Morgan fingerprint density at radius 2 is 1.92 bits per heavy atom. The number of hydrogen-bond donors (Lipinski definition) is 1. The predicted octanol–water partition coefficient (Wildman–Crippen LogP) is 2.80. The molecule has 2 amide bonds. The van der Waals surface area contributed by atoms with Gasteiger partial charge >= 0.3 is 0 Å². The van der Waals surface area contributed by atoms with E-state index < -0.39 is 5.41 Å². The van der Waals surface area contributed by atoms with Gasteiger partial charge in [-0.25, -0.2) is 0 Å². The Labute approximate surface area is 154 Å². The molecule has 26 heavy (non-hydrogen) atoms. The fraction of sp³-hybridized carbons (Fsp3) is 0.381. The minimum absolute atomic E-state index is 0.109. The highest BCUT2D eigenvalue weighted by Gasteiger charge is 2.44. The first-order valence-corrected chi connectivity index (χ1v) is 9.12. The summed E-state index contributed by atoms with van der Waals surface area (Å²) in [5.74, 6) is -0.216. The van der Waals surface area contributed by atoms with Crippen LogP contribution >= 0.6 is 0 Å². The highest BCUT2D eigenvalue weighted by atomic mass is 16.2. The van der Waals surface area contributed by atoms with E-state index in [2.05, 4.69) is 4.98 Å². The van der Waals surface area contributed by atoms with Crippen LogP contribution in [-0.2, 0) is 16.0 Å². The third-order valence-electron chi connectivity index (χ3n) is 5.23. The van der Waals surface area contributed by atoms with Gasteiger partial charge in [0.25, 0.3) is 0 Å². The lowest BCUT2D eigenvalue weighted by Gasteiger charge is -2.27. The van der Waals surface area contributed by atoms with Crippen LogP contribution in [0.4, 0.5) is 0 Å². The first-order chi connectivity index (χ1) is 12.6. The van der Waals surface area contributed by atoms with Crippen LogP contribution in [0.5, 0.6) is 0 Å². The van der Waals surface area contributed by atoms with E-state index in [0.717, 1.165) is 23.1 Å². The van der Waals surface area contributed by atoms with Crippen molar-refractivity contribution in [1.29, 1.82) is 0 Å². The maximum Gasteiger partial charge on any atom is 0.225 e. The smallest absolute Gasteiger partial charge is 0.225 e. The van der Waals surface area contributed by atoms with Crippen molar-refractivity contribution >= 4 is 11.8 Å². The number of rotatable bonds is 6. The minimum atomic E-state index is -0.702. The summed E-state index contributed by atoms with van der Waals surface area (Å²) < 4.78 is 0. The SMILES string of the molecule is CCCC(=O)N1CC[C@@](Cc2ccccc2-c2ccncc2)(C(N)=O)C1. The molecule has 2 N–H and O–H groups in total. The summed E-state index contributed by atoms with van der Waals surface area (Å²) in [6.45, 7) is 2.99. The number of pyridine rings is 1. The monoisotopic (exact) mass is 351 g/mol. The Bertz CT molecular complexity index is 791. The molecular weight excluding hydrogens is 326 g/mol. The van der Waals surface area contributed by atoms with Gasteiger partial charge in [-0.1, -0.05) is 31.2 Å². The van der Waals surface area contributed by atoms with Gasteiger partial charge in [0, 0.05) is 31.9 Å². The van der Waals surface area contributed by atoms with Crippen LogP contribution in [0.15, 0.2) is 48.8 Å². The normalized spacial score (nSPS) is 19.5.